The van der Waals surface area contributed by atoms with Crippen molar-refractivity contribution in [2.75, 3.05) is 0 Å². The highest BCUT2D eigenvalue weighted by Gasteiger charge is 2.18. The Kier molecular flexibility index (Phi) is 5.17. The van der Waals surface area contributed by atoms with Crippen molar-refractivity contribution in [2.45, 2.75) is 19.4 Å². The Morgan fingerprint density at radius 1 is 1.23 bits per heavy atom. The first-order chi connectivity index (χ1) is 12.5. The van der Waals surface area contributed by atoms with Crippen LogP contribution in [0.3, 0.4) is 0 Å². The Hall–Kier alpha value is -3.35. The monoisotopic (exact) mass is 352 g/mol. The van der Waals surface area contributed by atoms with E-state index in [-0.39, 0.29) is 29.4 Å². The number of rotatable bonds is 5. The number of amides is 1. The van der Waals surface area contributed by atoms with Gasteiger partial charge in [-0.1, -0.05) is 18.2 Å². The predicted octanol–water partition coefficient (Wildman–Crippen LogP) is 2.33. The zero-order valence-corrected chi connectivity index (χ0v) is 14.1. The molecule has 7 heteroatoms. The maximum absolute atomic E-state index is 13.3. The van der Waals surface area contributed by atoms with Gasteiger partial charge in [0.25, 0.3) is 11.5 Å². The average Bonchev–Trinajstić information content (AvgIpc) is 2.61. The fourth-order valence-corrected chi connectivity index (χ4v) is 2.63. The van der Waals surface area contributed by atoms with Crippen molar-refractivity contribution in [3.8, 4) is 0 Å². The van der Waals surface area contributed by atoms with Crippen molar-refractivity contribution in [2.24, 2.45) is 0 Å². The third kappa shape index (κ3) is 4.38. The lowest BCUT2D eigenvalue weighted by Crippen LogP contribution is -2.31. The summed E-state index contributed by atoms with van der Waals surface area (Å²) in [6.45, 7) is 1.68. The van der Waals surface area contributed by atoms with Crippen LogP contribution in [0.2, 0.25) is 0 Å². The summed E-state index contributed by atoms with van der Waals surface area (Å²) in [6.07, 6.45) is 1.82. The van der Waals surface area contributed by atoms with Crippen LogP contribution in [0.4, 0.5) is 4.39 Å². The number of carbonyl (C=O) groups excluding carboxylic acids is 1. The van der Waals surface area contributed by atoms with Gasteiger partial charge in [0.15, 0.2) is 0 Å². The van der Waals surface area contributed by atoms with Crippen LogP contribution in [-0.4, -0.2) is 20.9 Å². The standard InChI is InChI=1S/C19H17FN4O2/c1-12-22-15(11-18(25)23-12)10-17(13-5-7-14(20)8-6-13)24-19(26)16-4-2-3-9-21-16/h2-9,11,17H,10H2,1H3,(H,24,26)(H,22,23,25). The lowest BCUT2D eigenvalue weighted by molar-refractivity contribution is 0.0931. The number of aryl methyl sites for hydroxylation is 1. The van der Waals surface area contributed by atoms with Gasteiger partial charge in [-0.3, -0.25) is 14.6 Å². The summed E-state index contributed by atoms with van der Waals surface area (Å²) in [4.78, 5) is 35.1. The Balaban J connectivity index is 1.89. The molecule has 0 aliphatic carbocycles. The van der Waals surface area contributed by atoms with Gasteiger partial charge < -0.3 is 10.3 Å². The van der Waals surface area contributed by atoms with Gasteiger partial charge >= 0.3 is 0 Å². The van der Waals surface area contributed by atoms with E-state index >= 15 is 0 Å². The fraction of sp³-hybridized carbons (Fsp3) is 0.158. The predicted molar refractivity (Wildman–Crippen MR) is 94.1 cm³/mol. The summed E-state index contributed by atoms with van der Waals surface area (Å²) < 4.78 is 13.3. The van der Waals surface area contributed by atoms with E-state index in [1.165, 1.54) is 24.4 Å². The van der Waals surface area contributed by atoms with Crippen LogP contribution in [0.5, 0.6) is 0 Å². The van der Waals surface area contributed by atoms with Crippen LogP contribution < -0.4 is 10.9 Å². The molecule has 0 spiro atoms. The van der Waals surface area contributed by atoms with Crippen LogP contribution in [0, 0.1) is 12.7 Å². The molecule has 0 saturated heterocycles. The molecule has 1 atom stereocenters. The zero-order valence-electron chi connectivity index (χ0n) is 14.1. The van der Waals surface area contributed by atoms with Gasteiger partial charge in [0.1, 0.15) is 17.3 Å². The van der Waals surface area contributed by atoms with E-state index in [1.54, 1.807) is 37.3 Å². The number of carbonyl (C=O) groups is 1. The normalized spacial score (nSPS) is 11.8. The molecule has 3 aromatic rings. The number of H-pyrrole nitrogens is 1. The molecule has 26 heavy (non-hydrogen) atoms. The number of pyridine rings is 1. The van der Waals surface area contributed by atoms with Crippen molar-refractivity contribution in [3.63, 3.8) is 0 Å². The molecule has 2 heterocycles. The zero-order chi connectivity index (χ0) is 18.5. The second kappa shape index (κ2) is 7.69. The van der Waals surface area contributed by atoms with Crippen LogP contribution >= 0.6 is 0 Å². The van der Waals surface area contributed by atoms with Crippen molar-refractivity contribution in [1.82, 2.24) is 20.3 Å². The molecule has 0 radical (unpaired) electrons. The Morgan fingerprint density at radius 2 is 2.00 bits per heavy atom. The summed E-state index contributed by atoms with van der Waals surface area (Å²) >= 11 is 0. The molecule has 0 bridgehead atoms. The largest absolute Gasteiger partial charge is 0.344 e. The maximum atomic E-state index is 13.3. The van der Waals surface area contributed by atoms with E-state index in [4.69, 9.17) is 0 Å². The number of nitrogens with zero attached hydrogens (tertiary/aromatic N) is 2. The highest BCUT2D eigenvalue weighted by atomic mass is 19.1. The van der Waals surface area contributed by atoms with Gasteiger partial charge in [-0.25, -0.2) is 9.37 Å². The van der Waals surface area contributed by atoms with Crippen molar-refractivity contribution >= 4 is 5.91 Å². The lowest BCUT2D eigenvalue weighted by Gasteiger charge is -2.19. The molecular weight excluding hydrogens is 335 g/mol. The minimum Gasteiger partial charge on any atom is -0.344 e. The van der Waals surface area contributed by atoms with Crippen LogP contribution in [0.15, 0.2) is 59.5 Å². The Bertz CT molecular complexity index is 955. The third-order valence-corrected chi connectivity index (χ3v) is 3.80. The van der Waals surface area contributed by atoms with Crippen molar-refractivity contribution in [3.05, 3.63) is 93.7 Å². The maximum Gasteiger partial charge on any atom is 0.270 e. The van der Waals surface area contributed by atoms with E-state index < -0.39 is 6.04 Å². The lowest BCUT2D eigenvalue weighted by atomic mass is 10.0. The van der Waals surface area contributed by atoms with Gasteiger partial charge in [-0.05, 0) is 36.8 Å². The molecule has 0 aliphatic rings. The van der Waals surface area contributed by atoms with Gasteiger partial charge in [-0.15, -0.1) is 0 Å². The van der Waals surface area contributed by atoms with Gasteiger partial charge in [0.2, 0.25) is 0 Å². The molecule has 0 aliphatic heterocycles. The summed E-state index contributed by atoms with van der Waals surface area (Å²) in [5, 5.41) is 2.88. The van der Waals surface area contributed by atoms with Gasteiger partial charge in [0, 0.05) is 18.7 Å². The molecule has 0 saturated carbocycles. The third-order valence-electron chi connectivity index (χ3n) is 3.80. The molecule has 2 aromatic heterocycles. The first-order valence-electron chi connectivity index (χ1n) is 8.05. The molecule has 0 fully saturated rings. The smallest absolute Gasteiger partial charge is 0.270 e. The highest BCUT2D eigenvalue weighted by Crippen LogP contribution is 2.18. The number of hydrogen-bond acceptors (Lipinski definition) is 4. The number of aromatic amines is 1. The molecule has 2 N–H and O–H groups in total. The number of nitrogens with one attached hydrogen (secondary N) is 2. The van der Waals surface area contributed by atoms with Crippen LogP contribution in [0.1, 0.15) is 33.6 Å². The molecule has 132 valence electrons. The number of hydrogen-bond donors (Lipinski definition) is 2. The average molecular weight is 352 g/mol. The molecule has 1 amide bonds. The first kappa shape index (κ1) is 17.5. The molecule has 1 aromatic carbocycles. The topological polar surface area (TPSA) is 87.7 Å². The van der Waals surface area contributed by atoms with Gasteiger partial charge in [0.05, 0.1) is 11.7 Å². The SMILES string of the molecule is Cc1nc(CC(NC(=O)c2ccccn2)c2ccc(F)cc2)cc(=O)[nH]1. The van der Waals surface area contributed by atoms with E-state index in [0.717, 1.165) is 0 Å². The number of halogens is 1. The minimum atomic E-state index is -0.487. The summed E-state index contributed by atoms with van der Waals surface area (Å²) in [7, 11) is 0. The molecule has 3 rings (SSSR count). The van der Waals surface area contributed by atoms with Crippen LogP contribution in [0.25, 0.3) is 0 Å². The Labute approximate surface area is 149 Å². The van der Waals surface area contributed by atoms with E-state index in [0.29, 0.717) is 17.1 Å². The summed E-state index contributed by atoms with van der Waals surface area (Å²) in [5.74, 6) is -0.239. The van der Waals surface area contributed by atoms with E-state index in [9.17, 15) is 14.0 Å². The van der Waals surface area contributed by atoms with E-state index in [2.05, 4.69) is 20.3 Å². The van der Waals surface area contributed by atoms with Crippen LogP contribution in [-0.2, 0) is 6.42 Å². The molecule has 1 unspecified atom stereocenters. The number of aromatic nitrogens is 3. The van der Waals surface area contributed by atoms with Gasteiger partial charge in [-0.2, -0.15) is 0 Å². The quantitative estimate of drug-likeness (QED) is 0.738. The first-order valence-corrected chi connectivity index (χ1v) is 8.05. The number of benzene rings is 1. The minimum absolute atomic E-state index is 0.263. The highest BCUT2D eigenvalue weighted by molar-refractivity contribution is 5.92. The van der Waals surface area contributed by atoms with Crippen molar-refractivity contribution in [1.29, 1.82) is 0 Å². The summed E-state index contributed by atoms with van der Waals surface area (Å²) in [6, 6.07) is 11.8. The summed E-state index contributed by atoms with van der Waals surface area (Å²) in [5.41, 5.74) is 1.24. The fourth-order valence-electron chi connectivity index (χ4n) is 2.63. The van der Waals surface area contributed by atoms with Crippen molar-refractivity contribution < 1.29 is 9.18 Å². The Morgan fingerprint density at radius 3 is 2.65 bits per heavy atom. The molecule has 6 nitrogen and oxygen atoms in total. The molecular formula is C19H17FN4O2. The van der Waals surface area contributed by atoms with E-state index in [1.807, 2.05) is 0 Å². The second-order valence-electron chi connectivity index (χ2n) is 5.82. The second-order valence-corrected chi connectivity index (χ2v) is 5.82.